The van der Waals surface area contributed by atoms with Crippen LogP contribution in [0.1, 0.15) is 55.5 Å². The molecule has 2 aliphatic rings. The van der Waals surface area contributed by atoms with Crippen molar-refractivity contribution in [3.63, 3.8) is 0 Å². The van der Waals surface area contributed by atoms with E-state index >= 15 is 0 Å². The number of piperazine rings is 1. The van der Waals surface area contributed by atoms with Gasteiger partial charge in [0.2, 0.25) is 11.8 Å². The summed E-state index contributed by atoms with van der Waals surface area (Å²) in [4.78, 5) is 31.9. The van der Waals surface area contributed by atoms with Crippen molar-refractivity contribution in [1.82, 2.24) is 20.4 Å². The highest BCUT2D eigenvalue weighted by Gasteiger charge is 2.37. The van der Waals surface area contributed by atoms with Gasteiger partial charge in [0, 0.05) is 56.0 Å². The molecule has 3 aromatic carbocycles. The van der Waals surface area contributed by atoms with E-state index < -0.39 is 35.7 Å². The standard InChI is InChI=1S/C39H48N4O5/c1-39(2,3)41-38(47)33-25-42(23-27-13-14-35-29(20-27)15-18-48-35)16-17-43(33)24-31(44)21-30(19-26-9-5-4-6-10-26)37(46)40-36-32-12-8-7-11-28(32)22-34(36)45/h4-15,18,20,30-31,33-34,36,44-45H,16-17,19,21-25H2,1-3H3,(H,40,46)(H,41,47)/t30-,31+,33+,34-,36+/m1/s1. The zero-order chi connectivity index (χ0) is 33.8. The minimum absolute atomic E-state index is 0.0721. The molecule has 0 bridgehead atoms. The first kappa shape index (κ1) is 33.9. The van der Waals surface area contributed by atoms with Crippen molar-refractivity contribution in [3.05, 3.63) is 107 Å². The molecule has 1 saturated heterocycles. The van der Waals surface area contributed by atoms with Crippen LogP contribution in [0.5, 0.6) is 0 Å². The van der Waals surface area contributed by atoms with Gasteiger partial charge in [0.05, 0.1) is 24.5 Å². The summed E-state index contributed by atoms with van der Waals surface area (Å²) >= 11 is 0. The molecule has 4 N–H and O–H groups in total. The smallest absolute Gasteiger partial charge is 0.239 e. The lowest BCUT2D eigenvalue weighted by Crippen LogP contribution is -2.61. The Balaban J connectivity index is 1.15. The summed E-state index contributed by atoms with van der Waals surface area (Å²) in [6.07, 6.45) is 1.32. The number of rotatable bonds is 11. The Morgan fingerprint density at radius 1 is 0.979 bits per heavy atom. The fourth-order valence-electron chi connectivity index (χ4n) is 7.19. The molecule has 6 rings (SSSR count). The molecule has 2 heterocycles. The number of nitrogens with one attached hydrogen (secondary N) is 2. The Hall–Kier alpha value is -4.02. The van der Waals surface area contributed by atoms with Crippen LogP contribution in [0, 0.1) is 5.92 Å². The van der Waals surface area contributed by atoms with E-state index in [2.05, 4.69) is 32.6 Å². The quantitative estimate of drug-likeness (QED) is 0.192. The number of hydrogen-bond donors (Lipinski definition) is 4. The van der Waals surface area contributed by atoms with Crippen molar-refractivity contribution >= 4 is 22.8 Å². The largest absolute Gasteiger partial charge is 0.464 e. The van der Waals surface area contributed by atoms with E-state index in [-0.39, 0.29) is 24.8 Å². The summed E-state index contributed by atoms with van der Waals surface area (Å²) < 4.78 is 5.50. The number of aliphatic hydroxyl groups excluding tert-OH is 2. The number of fused-ring (bicyclic) bond motifs is 2. The Labute approximate surface area is 282 Å². The molecule has 48 heavy (non-hydrogen) atoms. The molecule has 0 radical (unpaired) electrons. The molecule has 0 unspecified atom stereocenters. The number of hydrogen-bond acceptors (Lipinski definition) is 7. The number of carbonyl (C=O) groups excluding carboxylic acids is 2. The summed E-state index contributed by atoms with van der Waals surface area (Å²) in [5.74, 6) is -0.791. The van der Waals surface area contributed by atoms with Crippen molar-refractivity contribution in [2.24, 2.45) is 5.92 Å². The molecule has 1 aliphatic heterocycles. The van der Waals surface area contributed by atoms with Crippen LogP contribution in [0.3, 0.4) is 0 Å². The van der Waals surface area contributed by atoms with Crippen LogP contribution in [-0.2, 0) is 29.0 Å². The highest BCUT2D eigenvalue weighted by atomic mass is 16.3. The van der Waals surface area contributed by atoms with Crippen LogP contribution >= 0.6 is 0 Å². The maximum absolute atomic E-state index is 13.9. The SMILES string of the molecule is CC(C)(C)NC(=O)[C@@H]1CN(Cc2ccc3occc3c2)CCN1C[C@@H](O)C[C@@H](Cc1ccccc1)C(=O)N[C@H]1c2ccccc2C[C@H]1O. The van der Waals surface area contributed by atoms with Gasteiger partial charge in [-0.05, 0) is 74.1 Å². The van der Waals surface area contributed by atoms with Crippen molar-refractivity contribution in [1.29, 1.82) is 0 Å². The molecule has 0 saturated carbocycles. The van der Waals surface area contributed by atoms with Crippen LogP contribution in [0.4, 0.5) is 0 Å². The van der Waals surface area contributed by atoms with E-state index in [0.717, 1.165) is 39.8 Å². The summed E-state index contributed by atoms with van der Waals surface area (Å²) in [5.41, 5.74) is 4.57. The number of nitrogens with zero attached hydrogens (tertiary/aromatic N) is 2. The third kappa shape index (κ3) is 8.33. The first-order valence-corrected chi connectivity index (χ1v) is 17.1. The predicted octanol–water partition coefficient (Wildman–Crippen LogP) is 4.22. The Kier molecular flexibility index (Phi) is 10.3. The van der Waals surface area contributed by atoms with Gasteiger partial charge in [-0.25, -0.2) is 0 Å². The Morgan fingerprint density at radius 2 is 1.75 bits per heavy atom. The minimum atomic E-state index is -0.842. The maximum Gasteiger partial charge on any atom is 0.239 e. The van der Waals surface area contributed by atoms with Crippen molar-refractivity contribution < 1.29 is 24.2 Å². The molecule has 4 aromatic rings. The molecule has 0 spiro atoms. The van der Waals surface area contributed by atoms with Crippen LogP contribution in [-0.4, -0.2) is 81.8 Å². The zero-order valence-corrected chi connectivity index (χ0v) is 28.1. The van der Waals surface area contributed by atoms with Crippen LogP contribution in [0.15, 0.2) is 89.5 Å². The summed E-state index contributed by atoms with van der Waals surface area (Å²) in [6.45, 7) is 8.74. The summed E-state index contributed by atoms with van der Waals surface area (Å²) in [6, 6.07) is 24.8. The van der Waals surface area contributed by atoms with Crippen LogP contribution in [0.25, 0.3) is 11.0 Å². The van der Waals surface area contributed by atoms with Gasteiger partial charge in [-0.2, -0.15) is 0 Å². The molecule has 9 heteroatoms. The highest BCUT2D eigenvalue weighted by Crippen LogP contribution is 2.32. The minimum Gasteiger partial charge on any atom is -0.464 e. The number of aliphatic hydroxyl groups is 2. The average molecular weight is 653 g/mol. The molecule has 2 amide bonds. The lowest BCUT2D eigenvalue weighted by Gasteiger charge is -2.42. The van der Waals surface area contributed by atoms with Crippen molar-refractivity contribution in [2.45, 2.75) is 76.4 Å². The highest BCUT2D eigenvalue weighted by molar-refractivity contribution is 5.83. The molecule has 1 aliphatic carbocycles. The molecule has 9 nitrogen and oxygen atoms in total. The number of carbonyl (C=O) groups is 2. The lowest BCUT2D eigenvalue weighted by atomic mass is 9.91. The fourth-order valence-corrected chi connectivity index (χ4v) is 7.19. The molecule has 1 fully saturated rings. The van der Waals surface area contributed by atoms with Gasteiger partial charge >= 0.3 is 0 Å². The Morgan fingerprint density at radius 3 is 2.54 bits per heavy atom. The Bertz CT molecular complexity index is 1700. The zero-order valence-electron chi connectivity index (χ0n) is 28.1. The van der Waals surface area contributed by atoms with Gasteiger partial charge in [0.1, 0.15) is 11.6 Å². The van der Waals surface area contributed by atoms with Crippen molar-refractivity contribution in [3.8, 4) is 0 Å². The van der Waals surface area contributed by atoms with Crippen LogP contribution < -0.4 is 10.6 Å². The summed E-state index contributed by atoms with van der Waals surface area (Å²) in [7, 11) is 0. The lowest BCUT2D eigenvalue weighted by molar-refractivity contribution is -0.132. The monoisotopic (exact) mass is 652 g/mol. The maximum atomic E-state index is 13.9. The van der Waals surface area contributed by atoms with Gasteiger partial charge < -0.3 is 25.3 Å². The van der Waals surface area contributed by atoms with E-state index in [1.54, 1.807) is 6.26 Å². The van der Waals surface area contributed by atoms with Gasteiger partial charge in [-0.15, -0.1) is 0 Å². The van der Waals surface area contributed by atoms with Gasteiger partial charge in [0.25, 0.3) is 0 Å². The van der Waals surface area contributed by atoms with Crippen molar-refractivity contribution in [2.75, 3.05) is 26.2 Å². The number of furan rings is 1. The second kappa shape index (κ2) is 14.6. The molecule has 254 valence electrons. The molecule has 5 atom stereocenters. The van der Waals surface area contributed by atoms with E-state index in [4.69, 9.17) is 4.42 Å². The third-order valence-corrected chi connectivity index (χ3v) is 9.50. The van der Waals surface area contributed by atoms with E-state index in [1.807, 2.05) is 87.5 Å². The van der Waals surface area contributed by atoms with E-state index in [9.17, 15) is 19.8 Å². The summed E-state index contributed by atoms with van der Waals surface area (Å²) in [5, 5.41) is 29.7. The van der Waals surface area contributed by atoms with Crippen LogP contribution in [0.2, 0.25) is 0 Å². The average Bonchev–Trinajstić information content (AvgIpc) is 3.64. The number of β-amino-alcohol motifs (C(OH)–C–C–N with tert-alkyl or cyclic N) is 1. The fraction of sp³-hybridized carbons (Fsp3) is 0.436. The number of benzene rings is 3. The molecule has 1 aromatic heterocycles. The third-order valence-electron chi connectivity index (χ3n) is 9.50. The van der Waals surface area contributed by atoms with Gasteiger partial charge in [-0.1, -0.05) is 60.7 Å². The van der Waals surface area contributed by atoms with E-state index in [0.29, 0.717) is 32.5 Å². The first-order chi connectivity index (χ1) is 23.0. The normalized spacial score (nSPS) is 21.5. The number of amides is 2. The molecular formula is C39H48N4O5. The van der Waals surface area contributed by atoms with Gasteiger partial charge in [-0.3, -0.25) is 19.4 Å². The topological polar surface area (TPSA) is 118 Å². The first-order valence-electron chi connectivity index (χ1n) is 17.1. The van der Waals surface area contributed by atoms with E-state index in [1.165, 1.54) is 0 Å². The molecular weight excluding hydrogens is 604 g/mol. The van der Waals surface area contributed by atoms with Gasteiger partial charge in [0.15, 0.2) is 0 Å². The second-order valence-electron chi connectivity index (χ2n) is 14.5. The predicted molar refractivity (Wildman–Crippen MR) is 186 cm³/mol. The second-order valence-corrected chi connectivity index (χ2v) is 14.5.